The van der Waals surface area contributed by atoms with E-state index in [-0.39, 0.29) is 18.4 Å². The Morgan fingerprint density at radius 3 is 2.56 bits per heavy atom. The molecule has 6 heteroatoms. The third-order valence-corrected chi connectivity index (χ3v) is 6.14. The molecule has 1 fully saturated rings. The maximum absolute atomic E-state index is 14.3. The highest BCUT2D eigenvalue weighted by molar-refractivity contribution is 6.02. The molecule has 1 unspecified atom stereocenters. The first kappa shape index (κ1) is 25.1. The van der Waals surface area contributed by atoms with Gasteiger partial charge in [0.15, 0.2) is 0 Å². The number of hydrogen-bond donors (Lipinski definition) is 1. The molecule has 5 nitrogen and oxygen atoms in total. The minimum absolute atomic E-state index is 0.0586. The molecule has 0 radical (unpaired) electrons. The van der Waals surface area contributed by atoms with Gasteiger partial charge in [-0.2, -0.15) is 0 Å². The fourth-order valence-electron chi connectivity index (χ4n) is 4.42. The second kappa shape index (κ2) is 12.1. The van der Waals surface area contributed by atoms with E-state index < -0.39 is 17.8 Å². The zero-order valence-corrected chi connectivity index (χ0v) is 19.7. The molecule has 1 aliphatic carbocycles. The van der Waals surface area contributed by atoms with Gasteiger partial charge in [-0.15, -0.1) is 0 Å². The van der Waals surface area contributed by atoms with Gasteiger partial charge in [-0.1, -0.05) is 62.2 Å². The maximum Gasteiger partial charge on any atom is 0.248 e. The third kappa shape index (κ3) is 6.28. The smallest absolute Gasteiger partial charge is 0.248 e. The van der Waals surface area contributed by atoms with Crippen LogP contribution in [0.25, 0.3) is 0 Å². The average Bonchev–Trinajstić information content (AvgIpc) is 2.83. The minimum atomic E-state index is -0.966. The summed E-state index contributed by atoms with van der Waals surface area (Å²) in [6.45, 7) is 9.09. The fourth-order valence-corrected chi connectivity index (χ4v) is 4.42. The van der Waals surface area contributed by atoms with E-state index in [1.165, 1.54) is 29.2 Å². The monoisotopic (exact) mass is 461 g/mol. The van der Waals surface area contributed by atoms with E-state index in [0.717, 1.165) is 37.7 Å². The number of carbonyl (C=O) groups is 2. The van der Waals surface area contributed by atoms with E-state index in [0.29, 0.717) is 16.9 Å². The van der Waals surface area contributed by atoms with Gasteiger partial charge in [0.25, 0.3) is 0 Å². The molecule has 0 heterocycles. The number of nitrogens with zero attached hydrogens (tertiary/aromatic N) is 2. The standard InChI is InChI=1S/C28H32FN3O2/c1-4-11-23(30-3)19-26(33)32(24-16-10-13-21(29)18-24)27(25-17-9-8-12-20(25)2)28(34)31-22-14-6-5-7-15-22/h4,8-13,16-18,22,27H,1,3,5-7,14-15,19H2,2H3,(H,31,34)/b23-11-. The Morgan fingerprint density at radius 2 is 1.91 bits per heavy atom. The fraction of sp³-hybridized carbons (Fsp3) is 0.321. The molecule has 0 aromatic heterocycles. The van der Waals surface area contributed by atoms with Crippen LogP contribution in [0.4, 0.5) is 10.1 Å². The van der Waals surface area contributed by atoms with Gasteiger partial charge in [0, 0.05) is 17.4 Å². The van der Waals surface area contributed by atoms with Crippen molar-refractivity contribution in [1.29, 1.82) is 0 Å². The van der Waals surface area contributed by atoms with Crippen LogP contribution in [0.2, 0.25) is 0 Å². The number of aryl methyl sites for hydroxylation is 1. The summed E-state index contributed by atoms with van der Waals surface area (Å²) >= 11 is 0. The average molecular weight is 462 g/mol. The summed E-state index contributed by atoms with van der Waals surface area (Å²) in [6.07, 6.45) is 8.12. The summed E-state index contributed by atoms with van der Waals surface area (Å²) in [5.41, 5.74) is 2.27. The van der Waals surface area contributed by atoms with Gasteiger partial charge in [-0.25, -0.2) is 4.39 Å². The third-order valence-electron chi connectivity index (χ3n) is 6.14. The number of hydrogen-bond acceptors (Lipinski definition) is 3. The molecule has 0 spiro atoms. The van der Waals surface area contributed by atoms with Crippen LogP contribution in [0.3, 0.4) is 0 Å². The number of amides is 2. The summed E-state index contributed by atoms with van der Waals surface area (Å²) < 4.78 is 14.3. The summed E-state index contributed by atoms with van der Waals surface area (Å²) in [4.78, 5) is 32.8. The second-order valence-corrected chi connectivity index (χ2v) is 8.57. The van der Waals surface area contributed by atoms with E-state index >= 15 is 0 Å². The molecule has 34 heavy (non-hydrogen) atoms. The molecule has 1 aliphatic rings. The number of carbonyl (C=O) groups excluding carboxylic acids is 2. The largest absolute Gasteiger partial charge is 0.351 e. The molecule has 1 atom stereocenters. The summed E-state index contributed by atoms with van der Waals surface area (Å²) in [6, 6.07) is 12.3. The topological polar surface area (TPSA) is 61.8 Å². The van der Waals surface area contributed by atoms with Crippen LogP contribution in [0.5, 0.6) is 0 Å². The molecular formula is C28H32FN3O2. The van der Waals surface area contributed by atoms with Crippen LogP contribution in [-0.4, -0.2) is 24.6 Å². The molecule has 0 bridgehead atoms. The first-order valence-electron chi connectivity index (χ1n) is 11.7. The predicted octanol–water partition coefficient (Wildman–Crippen LogP) is 5.82. The molecule has 1 saturated carbocycles. The van der Waals surface area contributed by atoms with Crippen LogP contribution < -0.4 is 10.2 Å². The first-order chi connectivity index (χ1) is 16.4. The van der Waals surface area contributed by atoms with E-state index in [9.17, 15) is 14.0 Å². The van der Waals surface area contributed by atoms with Crippen molar-refractivity contribution < 1.29 is 14.0 Å². The molecule has 3 rings (SSSR count). The lowest BCUT2D eigenvalue weighted by atomic mass is 9.93. The Hall–Kier alpha value is -3.54. The summed E-state index contributed by atoms with van der Waals surface area (Å²) in [7, 11) is 0. The highest BCUT2D eigenvalue weighted by atomic mass is 19.1. The number of nitrogens with one attached hydrogen (secondary N) is 1. The van der Waals surface area contributed by atoms with Crippen LogP contribution in [0.15, 0.2) is 78.0 Å². The van der Waals surface area contributed by atoms with Gasteiger partial charge in [0.2, 0.25) is 11.8 Å². The molecule has 2 amide bonds. The van der Waals surface area contributed by atoms with Gasteiger partial charge >= 0.3 is 0 Å². The molecule has 178 valence electrons. The van der Waals surface area contributed by atoms with Gasteiger partial charge in [-0.05, 0) is 61.9 Å². The van der Waals surface area contributed by atoms with Crippen molar-refractivity contribution in [3.8, 4) is 0 Å². The predicted molar refractivity (Wildman–Crippen MR) is 135 cm³/mol. The molecule has 0 saturated heterocycles. The molecule has 2 aromatic carbocycles. The Labute approximate surface area is 201 Å². The van der Waals surface area contributed by atoms with Crippen LogP contribution in [-0.2, 0) is 9.59 Å². The van der Waals surface area contributed by atoms with Crippen molar-refractivity contribution in [3.05, 3.63) is 89.9 Å². The second-order valence-electron chi connectivity index (χ2n) is 8.57. The summed E-state index contributed by atoms with van der Waals surface area (Å²) in [5.74, 6) is -1.16. The SMILES string of the molecule is C=C/C=C(/CC(=O)N(c1cccc(F)c1)C(C(=O)NC1CCCCC1)c1ccccc1C)N=C. The maximum atomic E-state index is 14.3. The quantitative estimate of drug-likeness (QED) is 0.378. The number of rotatable bonds is 9. The zero-order chi connectivity index (χ0) is 24.5. The molecule has 2 aromatic rings. The lowest BCUT2D eigenvalue weighted by Gasteiger charge is -2.34. The van der Waals surface area contributed by atoms with Crippen LogP contribution in [0, 0.1) is 12.7 Å². The highest BCUT2D eigenvalue weighted by Crippen LogP contribution is 2.32. The number of anilines is 1. The van der Waals surface area contributed by atoms with E-state index in [1.807, 2.05) is 31.2 Å². The number of halogens is 1. The lowest BCUT2D eigenvalue weighted by Crippen LogP contribution is -2.47. The van der Waals surface area contributed by atoms with Gasteiger partial charge in [-0.3, -0.25) is 19.5 Å². The van der Waals surface area contributed by atoms with Crippen molar-refractivity contribution >= 4 is 24.2 Å². The molecule has 1 N–H and O–H groups in total. The Balaban J connectivity index is 2.09. The number of aliphatic imine (C=N–C) groups is 1. The summed E-state index contributed by atoms with van der Waals surface area (Å²) in [5, 5.41) is 3.16. The lowest BCUT2D eigenvalue weighted by molar-refractivity contribution is -0.127. The van der Waals surface area contributed by atoms with Gasteiger partial charge < -0.3 is 5.32 Å². The van der Waals surface area contributed by atoms with Crippen molar-refractivity contribution in [3.63, 3.8) is 0 Å². The number of allylic oxidation sites excluding steroid dienone is 2. The van der Waals surface area contributed by atoms with Gasteiger partial charge in [0.05, 0.1) is 6.42 Å². The number of benzene rings is 2. The zero-order valence-electron chi connectivity index (χ0n) is 19.7. The van der Waals surface area contributed by atoms with E-state index in [4.69, 9.17) is 0 Å². The Bertz CT molecular complexity index is 1070. The minimum Gasteiger partial charge on any atom is -0.351 e. The molecule has 0 aliphatic heterocycles. The van der Waals surface area contributed by atoms with Crippen molar-refractivity contribution in [2.45, 2.75) is 57.5 Å². The van der Waals surface area contributed by atoms with Crippen molar-refractivity contribution in [2.75, 3.05) is 4.90 Å². The van der Waals surface area contributed by atoms with Crippen LogP contribution in [0.1, 0.15) is 55.7 Å². The van der Waals surface area contributed by atoms with Gasteiger partial charge in [0.1, 0.15) is 11.9 Å². The highest BCUT2D eigenvalue weighted by Gasteiger charge is 2.35. The first-order valence-corrected chi connectivity index (χ1v) is 11.7. The Kier molecular flexibility index (Phi) is 8.91. The van der Waals surface area contributed by atoms with Crippen molar-refractivity contribution in [2.24, 2.45) is 4.99 Å². The molecular weight excluding hydrogens is 429 g/mol. The van der Waals surface area contributed by atoms with E-state index in [1.54, 1.807) is 12.1 Å². The van der Waals surface area contributed by atoms with Crippen LogP contribution >= 0.6 is 0 Å². The Morgan fingerprint density at radius 1 is 1.18 bits per heavy atom. The normalized spacial score (nSPS) is 15.3. The van der Waals surface area contributed by atoms with E-state index in [2.05, 4.69) is 23.6 Å². The van der Waals surface area contributed by atoms with Crippen molar-refractivity contribution in [1.82, 2.24) is 5.32 Å².